The van der Waals surface area contributed by atoms with Crippen molar-refractivity contribution in [1.82, 2.24) is 4.57 Å². The predicted octanol–water partition coefficient (Wildman–Crippen LogP) is 3.29. The van der Waals surface area contributed by atoms with Gasteiger partial charge in [-0.2, -0.15) is 5.26 Å². The lowest BCUT2D eigenvalue weighted by atomic mass is 10.2. The molecule has 0 saturated carbocycles. The third-order valence-electron chi connectivity index (χ3n) is 4.09. The summed E-state index contributed by atoms with van der Waals surface area (Å²) in [7, 11) is 0. The van der Waals surface area contributed by atoms with E-state index >= 15 is 0 Å². The minimum absolute atomic E-state index is 0.310. The zero-order valence-corrected chi connectivity index (χ0v) is 12.0. The number of nitrogens with two attached hydrogens (primary N) is 1. The van der Waals surface area contributed by atoms with Gasteiger partial charge in [-0.05, 0) is 32.3 Å². The summed E-state index contributed by atoms with van der Waals surface area (Å²) in [5.41, 5.74) is 7.61. The van der Waals surface area contributed by atoms with Gasteiger partial charge in [0.2, 0.25) is 0 Å². The lowest BCUT2D eigenvalue weighted by Gasteiger charge is -2.27. The molecule has 0 spiro atoms. The monoisotopic (exact) mass is 260 g/mol. The van der Waals surface area contributed by atoms with Crippen LogP contribution in [0.1, 0.15) is 57.7 Å². The minimum atomic E-state index is 0.310. The van der Waals surface area contributed by atoms with E-state index in [0.717, 1.165) is 31.0 Å². The second kappa shape index (κ2) is 6.01. The number of hydrogen-bond acceptors (Lipinski definition) is 3. The van der Waals surface area contributed by atoms with Crippen LogP contribution in [-0.4, -0.2) is 17.7 Å². The predicted molar refractivity (Wildman–Crippen MR) is 79.2 cm³/mol. The van der Waals surface area contributed by atoms with Crippen molar-refractivity contribution in [2.45, 2.75) is 52.0 Å². The van der Waals surface area contributed by atoms with Crippen LogP contribution in [0.3, 0.4) is 0 Å². The molecule has 2 N–H and O–H groups in total. The summed E-state index contributed by atoms with van der Waals surface area (Å²) in [6.45, 7) is 6.40. The zero-order valence-electron chi connectivity index (χ0n) is 12.0. The molecule has 2 heterocycles. The Balaban J connectivity index is 2.42. The van der Waals surface area contributed by atoms with Crippen molar-refractivity contribution in [3.05, 3.63) is 11.8 Å². The van der Waals surface area contributed by atoms with Crippen LogP contribution in [0.2, 0.25) is 0 Å². The van der Waals surface area contributed by atoms with Crippen molar-refractivity contribution in [3.63, 3.8) is 0 Å². The topological polar surface area (TPSA) is 58.0 Å². The fourth-order valence-corrected chi connectivity index (χ4v) is 2.87. The van der Waals surface area contributed by atoms with Crippen molar-refractivity contribution < 1.29 is 0 Å². The molecule has 2 rings (SSSR count). The molecule has 0 radical (unpaired) electrons. The van der Waals surface area contributed by atoms with Gasteiger partial charge in [0.1, 0.15) is 17.6 Å². The number of hydrogen-bond donors (Lipinski definition) is 1. The molecule has 1 aromatic heterocycles. The maximum atomic E-state index is 9.31. The van der Waals surface area contributed by atoms with Crippen molar-refractivity contribution >= 4 is 11.5 Å². The smallest absolute Gasteiger partial charge is 0.133 e. The number of aromatic nitrogens is 1. The molecule has 0 aromatic carbocycles. The van der Waals surface area contributed by atoms with Crippen molar-refractivity contribution in [1.29, 1.82) is 5.26 Å². The van der Waals surface area contributed by atoms with Gasteiger partial charge in [-0.1, -0.05) is 19.8 Å². The van der Waals surface area contributed by atoms with Crippen LogP contribution in [0.25, 0.3) is 0 Å². The van der Waals surface area contributed by atoms with Crippen LogP contribution >= 0.6 is 0 Å². The van der Waals surface area contributed by atoms with E-state index < -0.39 is 0 Å². The van der Waals surface area contributed by atoms with E-state index in [9.17, 15) is 5.26 Å². The van der Waals surface area contributed by atoms with Gasteiger partial charge in [0.05, 0.1) is 5.69 Å². The number of nitrogens with zero attached hydrogens (tertiary/aromatic N) is 3. The summed E-state index contributed by atoms with van der Waals surface area (Å²) in [6.07, 6.45) is 6.03. The average molecular weight is 260 g/mol. The van der Waals surface area contributed by atoms with E-state index in [4.69, 9.17) is 5.73 Å². The first kappa shape index (κ1) is 13.8. The molecule has 1 atom stereocenters. The van der Waals surface area contributed by atoms with Crippen LogP contribution in [0.15, 0.2) is 6.07 Å². The summed E-state index contributed by atoms with van der Waals surface area (Å²) in [4.78, 5) is 2.37. The van der Waals surface area contributed by atoms with Gasteiger partial charge in [0.25, 0.3) is 0 Å². The van der Waals surface area contributed by atoms with Gasteiger partial charge in [-0.25, -0.2) is 0 Å². The molecule has 1 aliphatic rings. The van der Waals surface area contributed by atoms with E-state index in [1.807, 2.05) is 6.07 Å². The van der Waals surface area contributed by atoms with Crippen LogP contribution < -0.4 is 10.6 Å². The summed E-state index contributed by atoms with van der Waals surface area (Å²) in [5, 5.41) is 9.31. The Morgan fingerprint density at radius 2 is 1.95 bits per heavy atom. The number of rotatable bonds is 3. The molecule has 0 amide bonds. The van der Waals surface area contributed by atoms with Crippen LogP contribution in [-0.2, 0) is 0 Å². The first-order valence-corrected chi connectivity index (χ1v) is 7.34. The Bertz CT molecular complexity index is 461. The third-order valence-corrected chi connectivity index (χ3v) is 4.09. The molecule has 4 nitrogen and oxygen atoms in total. The van der Waals surface area contributed by atoms with Gasteiger partial charge >= 0.3 is 0 Å². The standard InChI is InChI=1S/C15H24N4/c1-3-12(2)19-13(11-16)10-14(17)15(19)18-8-6-4-5-7-9-18/h10,12H,3-9,17H2,1-2H3/t12-/m1/s1. The number of anilines is 2. The Kier molecular flexibility index (Phi) is 4.36. The molecule has 1 fully saturated rings. The van der Waals surface area contributed by atoms with Crippen molar-refractivity contribution in [2.75, 3.05) is 23.7 Å². The highest BCUT2D eigenvalue weighted by Crippen LogP contribution is 2.33. The van der Waals surface area contributed by atoms with E-state index in [1.165, 1.54) is 25.7 Å². The Labute approximate surface area is 115 Å². The van der Waals surface area contributed by atoms with Gasteiger partial charge in [-0.3, -0.25) is 0 Å². The molecule has 0 bridgehead atoms. The largest absolute Gasteiger partial charge is 0.396 e. The SMILES string of the molecule is CC[C@@H](C)n1c(C#N)cc(N)c1N1CCCCCC1. The average Bonchev–Trinajstić information content (AvgIpc) is 2.60. The van der Waals surface area contributed by atoms with Crippen molar-refractivity contribution in [2.24, 2.45) is 0 Å². The van der Waals surface area contributed by atoms with E-state index in [2.05, 4.69) is 29.4 Å². The second-order valence-electron chi connectivity index (χ2n) is 5.45. The molecule has 19 heavy (non-hydrogen) atoms. The maximum absolute atomic E-state index is 9.31. The van der Waals surface area contributed by atoms with E-state index in [-0.39, 0.29) is 0 Å². The Hall–Kier alpha value is -1.63. The van der Waals surface area contributed by atoms with Crippen molar-refractivity contribution in [3.8, 4) is 6.07 Å². The normalized spacial score (nSPS) is 17.8. The number of nitriles is 1. The lowest BCUT2D eigenvalue weighted by molar-refractivity contribution is 0.523. The van der Waals surface area contributed by atoms with Gasteiger partial charge in [-0.15, -0.1) is 0 Å². The Morgan fingerprint density at radius 3 is 2.47 bits per heavy atom. The fraction of sp³-hybridized carbons (Fsp3) is 0.667. The quantitative estimate of drug-likeness (QED) is 0.907. The lowest BCUT2D eigenvalue weighted by Crippen LogP contribution is -2.28. The highest BCUT2D eigenvalue weighted by molar-refractivity contribution is 5.68. The number of nitrogen functional groups attached to an aromatic ring is 1. The van der Waals surface area contributed by atoms with E-state index in [0.29, 0.717) is 11.7 Å². The molecule has 1 saturated heterocycles. The van der Waals surface area contributed by atoms with Crippen LogP contribution in [0, 0.1) is 11.3 Å². The van der Waals surface area contributed by atoms with Gasteiger partial charge in [0, 0.05) is 19.1 Å². The molecule has 1 aliphatic heterocycles. The molecule has 104 valence electrons. The highest BCUT2D eigenvalue weighted by Gasteiger charge is 2.22. The maximum Gasteiger partial charge on any atom is 0.133 e. The molecule has 4 heteroatoms. The first-order chi connectivity index (χ1) is 9.19. The first-order valence-electron chi connectivity index (χ1n) is 7.34. The summed E-state index contributed by atoms with van der Waals surface area (Å²) < 4.78 is 2.13. The van der Waals surface area contributed by atoms with Crippen LogP contribution in [0.5, 0.6) is 0 Å². The Morgan fingerprint density at radius 1 is 1.32 bits per heavy atom. The third kappa shape index (κ3) is 2.70. The van der Waals surface area contributed by atoms with E-state index in [1.54, 1.807) is 0 Å². The minimum Gasteiger partial charge on any atom is -0.396 e. The highest BCUT2D eigenvalue weighted by atomic mass is 15.3. The molecule has 0 aliphatic carbocycles. The van der Waals surface area contributed by atoms with Crippen LogP contribution in [0.4, 0.5) is 11.5 Å². The fourth-order valence-electron chi connectivity index (χ4n) is 2.87. The second-order valence-corrected chi connectivity index (χ2v) is 5.45. The van der Waals surface area contributed by atoms with Gasteiger partial charge in [0.15, 0.2) is 0 Å². The molecular formula is C15H24N4. The van der Waals surface area contributed by atoms with Gasteiger partial charge < -0.3 is 15.2 Å². The zero-order chi connectivity index (χ0) is 13.8. The summed E-state index contributed by atoms with van der Waals surface area (Å²) in [6, 6.07) is 4.42. The molecular weight excluding hydrogens is 236 g/mol. The molecule has 1 aromatic rings. The molecule has 0 unspecified atom stereocenters. The summed E-state index contributed by atoms with van der Waals surface area (Å²) in [5.74, 6) is 1.06. The summed E-state index contributed by atoms with van der Waals surface area (Å²) >= 11 is 0.